The van der Waals surface area contributed by atoms with Gasteiger partial charge in [-0.25, -0.2) is 0 Å². The number of allylic oxidation sites excluding steroid dienone is 1. The zero-order chi connectivity index (χ0) is 38.6. The van der Waals surface area contributed by atoms with Crippen molar-refractivity contribution in [2.45, 2.75) is 19.3 Å². The van der Waals surface area contributed by atoms with Crippen LogP contribution in [0.5, 0.6) is 0 Å². The Bertz CT molecular complexity index is 3070. The van der Waals surface area contributed by atoms with Gasteiger partial charge in [0.2, 0.25) is 0 Å². The molecule has 0 N–H and O–H groups in total. The van der Waals surface area contributed by atoms with E-state index < -0.39 is 0 Å². The van der Waals surface area contributed by atoms with Crippen molar-refractivity contribution in [1.82, 2.24) is 0 Å². The number of furan rings is 2. The molecule has 2 aromatic heterocycles. The Balaban J connectivity index is 1.11. The Kier molecular flexibility index (Phi) is 8.25. The number of fused-ring (bicyclic) bond motifs is 6. The number of hydrogen-bond donors (Lipinski definition) is 0. The summed E-state index contributed by atoms with van der Waals surface area (Å²) in [6, 6.07) is 67.1. The molecule has 0 saturated heterocycles. The van der Waals surface area contributed by atoms with E-state index in [1.807, 2.05) is 24.3 Å². The molecule has 1 unspecified atom stereocenters. The molecule has 3 heterocycles. The third-order valence-corrected chi connectivity index (χ3v) is 11.9. The molecule has 58 heavy (non-hydrogen) atoms. The summed E-state index contributed by atoms with van der Waals surface area (Å²) in [5, 5.41) is 4.45. The summed E-state index contributed by atoms with van der Waals surface area (Å²) >= 11 is 0. The van der Waals surface area contributed by atoms with E-state index in [0.717, 1.165) is 95.1 Å². The van der Waals surface area contributed by atoms with Crippen LogP contribution < -0.4 is 0 Å². The lowest BCUT2D eigenvalue weighted by molar-refractivity contribution is 0.593. The van der Waals surface area contributed by atoms with Crippen molar-refractivity contribution in [2.24, 2.45) is 10.9 Å². The minimum absolute atomic E-state index is 0.131. The molecule has 0 spiro atoms. The normalized spacial score (nSPS) is 15.6. The number of hydrogen-bond acceptors (Lipinski definition) is 3. The van der Waals surface area contributed by atoms with Crippen LogP contribution in [0.15, 0.2) is 208 Å². The highest BCUT2D eigenvalue weighted by molar-refractivity contribution is 6.09. The van der Waals surface area contributed by atoms with Gasteiger partial charge < -0.3 is 8.83 Å². The van der Waals surface area contributed by atoms with Crippen LogP contribution in [0.1, 0.15) is 36.0 Å². The maximum atomic E-state index is 6.25. The number of rotatable bonds is 7. The Hall–Kier alpha value is -7.23. The Morgan fingerprint density at radius 1 is 0.397 bits per heavy atom. The van der Waals surface area contributed by atoms with E-state index in [-0.39, 0.29) is 11.8 Å². The lowest BCUT2D eigenvalue weighted by Crippen LogP contribution is -2.25. The predicted octanol–water partition coefficient (Wildman–Crippen LogP) is 15.1. The molecule has 0 radical (unpaired) electrons. The first-order chi connectivity index (χ1) is 28.7. The second kappa shape index (κ2) is 14.1. The zero-order valence-corrected chi connectivity index (χ0v) is 32.1. The van der Waals surface area contributed by atoms with Crippen molar-refractivity contribution < 1.29 is 8.83 Å². The SMILES string of the molecule is CC[C@@H]1C(c2ccccc2)=NC(c2cc(-c3ccc4oc5ccccc5c4c3)cc(-c3ccc4oc5ccccc5c4c3)c2)=CC1c1ccc(-c2ccccc2)cc1. The fourth-order valence-electron chi connectivity index (χ4n) is 8.98. The van der Waals surface area contributed by atoms with Gasteiger partial charge in [0.05, 0.1) is 11.4 Å². The number of benzene rings is 8. The van der Waals surface area contributed by atoms with Gasteiger partial charge >= 0.3 is 0 Å². The highest BCUT2D eigenvalue weighted by Gasteiger charge is 2.31. The first-order valence-corrected chi connectivity index (χ1v) is 20.2. The van der Waals surface area contributed by atoms with E-state index in [0.29, 0.717) is 0 Å². The molecule has 8 aromatic carbocycles. The number of nitrogens with zero attached hydrogens (tertiary/aromatic N) is 1. The summed E-state index contributed by atoms with van der Waals surface area (Å²) < 4.78 is 12.5. The second-order valence-corrected chi connectivity index (χ2v) is 15.4. The summed E-state index contributed by atoms with van der Waals surface area (Å²) in [5.74, 6) is 0.344. The van der Waals surface area contributed by atoms with E-state index >= 15 is 0 Å². The van der Waals surface area contributed by atoms with Crippen LogP contribution >= 0.6 is 0 Å². The molecular weight excluding hydrogens is 707 g/mol. The molecule has 3 heteroatoms. The molecule has 276 valence electrons. The van der Waals surface area contributed by atoms with Crippen molar-refractivity contribution in [1.29, 1.82) is 0 Å². The zero-order valence-electron chi connectivity index (χ0n) is 32.1. The van der Waals surface area contributed by atoms with E-state index in [2.05, 4.69) is 177 Å². The average Bonchev–Trinajstić information content (AvgIpc) is 3.87. The molecule has 2 atom stereocenters. The van der Waals surface area contributed by atoms with Gasteiger partial charge in [0.25, 0.3) is 0 Å². The molecule has 10 aromatic rings. The van der Waals surface area contributed by atoms with E-state index in [1.54, 1.807) is 0 Å². The first-order valence-electron chi connectivity index (χ1n) is 20.2. The highest BCUT2D eigenvalue weighted by Crippen LogP contribution is 2.43. The van der Waals surface area contributed by atoms with Gasteiger partial charge in [0.15, 0.2) is 0 Å². The lowest BCUT2D eigenvalue weighted by atomic mass is 9.76. The van der Waals surface area contributed by atoms with Crippen molar-refractivity contribution in [2.75, 3.05) is 0 Å². The van der Waals surface area contributed by atoms with Crippen LogP contribution in [-0.2, 0) is 0 Å². The monoisotopic (exact) mass is 745 g/mol. The van der Waals surface area contributed by atoms with Crippen LogP contribution in [0.2, 0.25) is 0 Å². The van der Waals surface area contributed by atoms with Crippen molar-refractivity contribution in [3.8, 4) is 33.4 Å². The maximum absolute atomic E-state index is 6.25. The Labute approximate surface area is 337 Å². The molecule has 0 bridgehead atoms. The van der Waals surface area contributed by atoms with E-state index in [9.17, 15) is 0 Å². The standard InChI is InChI=1S/C55H39NO2/c1-2-44-47(37-23-21-36(22-24-37)35-13-5-3-6-14-35)34-50(56-55(44)38-15-7-4-8-16-38)43-30-41(39-25-27-53-48(32-39)45-17-9-11-19-51(45)57-53)29-42(31-43)40-26-28-54-49(33-40)46-18-10-12-20-52(46)58-54/h3-34,44,47H,2H2,1H3/t44-,47?/m0/s1. The van der Waals surface area contributed by atoms with Crippen LogP contribution in [-0.4, -0.2) is 5.71 Å². The van der Waals surface area contributed by atoms with E-state index in [4.69, 9.17) is 13.8 Å². The summed E-state index contributed by atoms with van der Waals surface area (Å²) in [7, 11) is 0. The van der Waals surface area contributed by atoms with Crippen molar-refractivity contribution >= 4 is 55.3 Å². The summed E-state index contributed by atoms with van der Waals surface area (Å²) in [5.41, 5.74) is 16.1. The first kappa shape index (κ1) is 34.1. The number of aliphatic imine (C=N–C) groups is 1. The second-order valence-electron chi connectivity index (χ2n) is 15.4. The smallest absolute Gasteiger partial charge is 0.135 e. The van der Waals surface area contributed by atoms with Crippen molar-refractivity contribution in [3.05, 3.63) is 211 Å². The van der Waals surface area contributed by atoms with Gasteiger partial charge in [0, 0.05) is 38.9 Å². The molecule has 0 fully saturated rings. The molecular formula is C55H39NO2. The minimum atomic E-state index is 0.131. The van der Waals surface area contributed by atoms with Gasteiger partial charge in [0.1, 0.15) is 22.3 Å². The maximum Gasteiger partial charge on any atom is 0.135 e. The quantitative estimate of drug-likeness (QED) is 0.163. The summed E-state index contributed by atoms with van der Waals surface area (Å²) in [6.07, 6.45) is 3.38. The third kappa shape index (κ3) is 5.95. The van der Waals surface area contributed by atoms with Crippen LogP contribution in [0.4, 0.5) is 0 Å². The average molecular weight is 746 g/mol. The topological polar surface area (TPSA) is 38.6 Å². The van der Waals surface area contributed by atoms with Crippen LogP contribution in [0.3, 0.4) is 0 Å². The van der Waals surface area contributed by atoms with Crippen LogP contribution in [0, 0.1) is 5.92 Å². The van der Waals surface area contributed by atoms with Gasteiger partial charge in [-0.3, -0.25) is 4.99 Å². The molecule has 1 aliphatic heterocycles. The van der Waals surface area contributed by atoms with Gasteiger partial charge in [-0.05, 0) is 112 Å². The highest BCUT2D eigenvalue weighted by atomic mass is 16.3. The Morgan fingerprint density at radius 2 is 0.862 bits per heavy atom. The molecule has 3 nitrogen and oxygen atoms in total. The third-order valence-electron chi connectivity index (χ3n) is 11.9. The van der Waals surface area contributed by atoms with Gasteiger partial charge in [-0.2, -0.15) is 0 Å². The fourth-order valence-corrected chi connectivity index (χ4v) is 8.98. The predicted molar refractivity (Wildman–Crippen MR) is 241 cm³/mol. The van der Waals surface area contributed by atoms with E-state index in [1.165, 1.54) is 16.7 Å². The van der Waals surface area contributed by atoms with Gasteiger partial charge in [-0.15, -0.1) is 0 Å². The molecule has 1 aliphatic rings. The minimum Gasteiger partial charge on any atom is -0.456 e. The summed E-state index contributed by atoms with van der Waals surface area (Å²) in [4.78, 5) is 5.60. The molecule has 0 saturated carbocycles. The molecule has 0 aliphatic carbocycles. The largest absolute Gasteiger partial charge is 0.456 e. The van der Waals surface area contributed by atoms with Crippen molar-refractivity contribution in [3.63, 3.8) is 0 Å². The Morgan fingerprint density at radius 3 is 1.43 bits per heavy atom. The van der Waals surface area contributed by atoms with Crippen LogP contribution in [0.25, 0.3) is 83.0 Å². The molecule has 11 rings (SSSR count). The van der Waals surface area contributed by atoms with Gasteiger partial charge in [-0.1, -0.05) is 140 Å². The lowest BCUT2D eigenvalue weighted by Gasteiger charge is -2.31. The molecule has 0 amide bonds. The fraction of sp³-hybridized carbons (Fsp3) is 0.0727. The number of para-hydroxylation sites is 2. The summed E-state index contributed by atoms with van der Waals surface area (Å²) in [6.45, 7) is 2.29.